The zero-order valence-electron chi connectivity index (χ0n) is 10.1. The molecule has 92 valence electrons. The molecule has 0 unspecified atom stereocenters. The molecule has 1 heterocycles. The first-order valence-electron chi connectivity index (χ1n) is 5.94. The van der Waals surface area contributed by atoms with Crippen LogP contribution in [0.25, 0.3) is 5.69 Å². The number of rotatable bonds is 2. The number of aromatic nitrogens is 3. The van der Waals surface area contributed by atoms with E-state index in [1.807, 2.05) is 6.07 Å². The number of fused-ring (bicyclic) bond motifs is 1. The summed E-state index contributed by atoms with van der Waals surface area (Å²) < 4.78 is 1.59. The van der Waals surface area contributed by atoms with Gasteiger partial charge in [-0.25, -0.2) is 14.5 Å². The lowest BCUT2D eigenvalue weighted by molar-refractivity contribution is 0.0683. The van der Waals surface area contributed by atoms with Gasteiger partial charge in [0.15, 0.2) is 0 Å². The lowest BCUT2D eigenvalue weighted by Crippen LogP contribution is -2.03. The van der Waals surface area contributed by atoms with Crippen molar-refractivity contribution in [3.05, 3.63) is 41.0 Å². The van der Waals surface area contributed by atoms with Crippen molar-refractivity contribution in [1.29, 1.82) is 0 Å². The van der Waals surface area contributed by atoms with Gasteiger partial charge in [-0.3, -0.25) is 0 Å². The maximum absolute atomic E-state index is 10.8. The van der Waals surface area contributed by atoms with Gasteiger partial charge < -0.3 is 5.11 Å². The van der Waals surface area contributed by atoms with Crippen LogP contribution in [0.1, 0.15) is 34.0 Å². The molecule has 0 fully saturated rings. The molecule has 1 N–H and O–H groups in total. The lowest BCUT2D eigenvalue weighted by atomic mass is 10.1. The van der Waals surface area contributed by atoms with Crippen LogP contribution >= 0.6 is 0 Å². The van der Waals surface area contributed by atoms with Gasteiger partial charge in [0, 0.05) is 0 Å². The molecule has 0 saturated heterocycles. The predicted molar refractivity (Wildman–Crippen MR) is 65.1 cm³/mol. The number of nitrogens with zero attached hydrogens (tertiary/aromatic N) is 3. The second kappa shape index (κ2) is 3.94. The van der Waals surface area contributed by atoms with Gasteiger partial charge in [-0.15, -0.1) is 5.10 Å². The molecule has 5 heteroatoms. The van der Waals surface area contributed by atoms with E-state index in [0.717, 1.165) is 18.5 Å². The molecule has 1 aromatic carbocycles. The van der Waals surface area contributed by atoms with E-state index in [4.69, 9.17) is 5.11 Å². The van der Waals surface area contributed by atoms with Crippen molar-refractivity contribution in [3.63, 3.8) is 0 Å². The van der Waals surface area contributed by atoms with Gasteiger partial charge in [-0.05, 0) is 49.4 Å². The average Bonchev–Trinajstić information content (AvgIpc) is 2.93. The van der Waals surface area contributed by atoms with Gasteiger partial charge in [-0.2, -0.15) is 0 Å². The number of carbonyl (C=O) groups is 1. The normalized spacial score (nSPS) is 13.6. The molecule has 1 aliphatic carbocycles. The summed E-state index contributed by atoms with van der Waals surface area (Å²) in [6.45, 7) is 1.76. The number of carboxylic acids is 1. The summed E-state index contributed by atoms with van der Waals surface area (Å²) in [5.74, 6) is -0.670. The van der Waals surface area contributed by atoms with E-state index >= 15 is 0 Å². The van der Waals surface area contributed by atoms with Gasteiger partial charge in [0.25, 0.3) is 5.82 Å². The Balaban J connectivity index is 2.07. The SMILES string of the molecule is Cc1nc(C(=O)O)nn1-c1ccc2c(c1)CCC2. The summed E-state index contributed by atoms with van der Waals surface area (Å²) in [7, 11) is 0. The highest BCUT2D eigenvalue weighted by molar-refractivity contribution is 5.83. The molecule has 1 aliphatic rings. The van der Waals surface area contributed by atoms with Crippen LogP contribution < -0.4 is 0 Å². The van der Waals surface area contributed by atoms with Crippen molar-refractivity contribution < 1.29 is 9.90 Å². The van der Waals surface area contributed by atoms with E-state index in [2.05, 4.69) is 22.2 Å². The number of carboxylic acid groups (broad SMARTS) is 1. The number of hydrogen-bond acceptors (Lipinski definition) is 3. The minimum atomic E-state index is -1.10. The molecule has 0 spiro atoms. The second-order valence-electron chi connectivity index (χ2n) is 4.51. The van der Waals surface area contributed by atoms with E-state index in [1.165, 1.54) is 17.5 Å². The smallest absolute Gasteiger partial charge is 0.375 e. The Kier molecular flexibility index (Phi) is 2.40. The van der Waals surface area contributed by atoms with E-state index in [1.54, 1.807) is 11.6 Å². The monoisotopic (exact) mass is 243 g/mol. The van der Waals surface area contributed by atoms with E-state index < -0.39 is 5.97 Å². The summed E-state index contributed by atoms with van der Waals surface area (Å²) in [5, 5.41) is 12.9. The molecule has 18 heavy (non-hydrogen) atoms. The van der Waals surface area contributed by atoms with Crippen molar-refractivity contribution in [3.8, 4) is 5.69 Å². The van der Waals surface area contributed by atoms with Crippen LogP contribution in [0.5, 0.6) is 0 Å². The Morgan fingerprint density at radius 3 is 2.83 bits per heavy atom. The minimum absolute atomic E-state index is 0.159. The molecule has 0 amide bonds. The van der Waals surface area contributed by atoms with Gasteiger partial charge in [-0.1, -0.05) is 6.07 Å². The minimum Gasteiger partial charge on any atom is -0.475 e. The summed E-state index contributed by atoms with van der Waals surface area (Å²) >= 11 is 0. The first-order chi connectivity index (χ1) is 8.65. The van der Waals surface area contributed by atoms with Gasteiger partial charge in [0.2, 0.25) is 0 Å². The molecule has 0 radical (unpaired) electrons. The van der Waals surface area contributed by atoms with Gasteiger partial charge >= 0.3 is 5.97 Å². The molecule has 0 aliphatic heterocycles. The third kappa shape index (κ3) is 1.68. The third-order valence-electron chi connectivity index (χ3n) is 3.29. The molecule has 3 rings (SSSR count). The van der Waals surface area contributed by atoms with Crippen LogP contribution in [0.3, 0.4) is 0 Å². The van der Waals surface area contributed by atoms with E-state index in [-0.39, 0.29) is 5.82 Å². The number of benzene rings is 1. The quantitative estimate of drug-likeness (QED) is 0.872. The molecule has 1 aromatic heterocycles. The summed E-state index contributed by atoms with van der Waals surface area (Å²) in [6.07, 6.45) is 3.41. The second-order valence-corrected chi connectivity index (χ2v) is 4.51. The van der Waals surface area contributed by atoms with Crippen molar-refractivity contribution in [2.45, 2.75) is 26.2 Å². The molecular formula is C13H13N3O2. The zero-order valence-corrected chi connectivity index (χ0v) is 10.1. The third-order valence-corrected chi connectivity index (χ3v) is 3.29. The van der Waals surface area contributed by atoms with Crippen LogP contribution in [0.4, 0.5) is 0 Å². The van der Waals surface area contributed by atoms with Crippen molar-refractivity contribution in [2.24, 2.45) is 0 Å². The molecule has 0 atom stereocenters. The molecule has 5 nitrogen and oxygen atoms in total. The van der Waals surface area contributed by atoms with Crippen LogP contribution in [0.15, 0.2) is 18.2 Å². The Morgan fingerprint density at radius 2 is 2.11 bits per heavy atom. The first-order valence-corrected chi connectivity index (χ1v) is 5.94. The number of aryl methyl sites for hydroxylation is 3. The molecule has 0 bridgehead atoms. The first kappa shape index (κ1) is 11.0. The standard InChI is InChI=1S/C13H13N3O2/c1-8-14-12(13(17)18)15-16(8)11-6-5-9-3-2-4-10(9)7-11/h5-7H,2-4H2,1H3,(H,17,18). The van der Waals surface area contributed by atoms with Crippen LogP contribution in [0, 0.1) is 6.92 Å². The topological polar surface area (TPSA) is 68.0 Å². The van der Waals surface area contributed by atoms with Crippen LogP contribution in [-0.4, -0.2) is 25.8 Å². The zero-order chi connectivity index (χ0) is 12.7. The molecule has 2 aromatic rings. The molecule has 0 saturated carbocycles. The fourth-order valence-electron chi connectivity index (χ4n) is 2.42. The van der Waals surface area contributed by atoms with Gasteiger partial charge in [0.05, 0.1) is 5.69 Å². The van der Waals surface area contributed by atoms with E-state index in [0.29, 0.717) is 5.82 Å². The summed E-state index contributed by atoms with van der Waals surface area (Å²) in [6, 6.07) is 6.15. The fraction of sp³-hybridized carbons (Fsp3) is 0.308. The summed E-state index contributed by atoms with van der Waals surface area (Å²) in [5.41, 5.74) is 3.60. The maximum Gasteiger partial charge on any atom is 0.375 e. The van der Waals surface area contributed by atoms with E-state index in [9.17, 15) is 4.79 Å². The number of aromatic carboxylic acids is 1. The highest BCUT2D eigenvalue weighted by Crippen LogP contribution is 2.24. The number of hydrogen-bond donors (Lipinski definition) is 1. The Morgan fingerprint density at radius 1 is 1.33 bits per heavy atom. The average molecular weight is 243 g/mol. The van der Waals surface area contributed by atoms with Crippen molar-refractivity contribution in [2.75, 3.05) is 0 Å². The van der Waals surface area contributed by atoms with Crippen LogP contribution in [0.2, 0.25) is 0 Å². The highest BCUT2D eigenvalue weighted by Gasteiger charge is 2.16. The Hall–Kier alpha value is -2.17. The maximum atomic E-state index is 10.8. The Bertz CT molecular complexity index is 631. The highest BCUT2D eigenvalue weighted by atomic mass is 16.4. The van der Waals surface area contributed by atoms with Crippen molar-refractivity contribution >= 4 is 5.97 Å². The summed E-state index contributed by atoms with van der Waals surface area (Å²) in [4.78, 5) is 14.8. The lowest BCUT2D eigenvalue weighted by Gasteiger charge is -2.05. The predicted octanol–water partition coefficient (Wildman–Crippen LogP) is 1.76. The largest absolute Gasteiger partial charge is 0.475 e. The van der Waals surface area contributed by atoms with Gasteiger partial charge in [0.1, 0.15) is 5.82 Å². The van der Waals surface area contributed by atoms with Crippen LogP contribution in [-0.2, 0) is 12.8 Å². The van der Waals surface area contributed by atoms with Crippen molar-refractivity contribution in [1.82, 2.24) is 14.8 Å². The fourth-order valence-corrected chi connectivity index (χ4v) is 2.42. The Labute approximate surface area is 104 Å². The molecular weight excluding hydrogens is 230 g/mol.